The summed E-state index contributed by atoms with van der Waals surface area (Å²) in [7, 11) is 0. The lowest BCUT2D eigenvalue weighted by Crippen LogP contribution is -2.30. The van der Waals surface area contributed by atoms with Crippen molar-refractivity contribution in [2.75, 3.05) is 0 Å². The standard InChI is InChI=1S/5C23H33O2S.5FH/c5*1-2-3-4-17-5-7-18(8-6-17)19-9-11-20(12-10-19)23(24)25-21-13-15-22(26)16-14-21;;;;;/h5*13-20H,2-12H2,1H3;5*1H/t5*17-,18-,19?,20?;;;;;. The van der Waals surface area contributed by atoms with E-state index in [0.717, 1.165) is 177 Å². The lowest BCUT2D eigenvalue weighted by atomic mass is 9.68. The third kappa shape index (κ3) is 40.6. The molecule has 0 unspecified atom stereocenters. The monoisotopic (exact) mass is 1970 g/mol. The highest BCUT2D eigenvalue weighted by atomic mass is 32.1. The zero-order valence-corrected chi connectivity index (χ0v) is 86.7. The van der Waals surface area contributed by atoms with Crippen molar-refractivity contribution in [2.24, 2.45) is 118 Å². The smallest absolute Gasteiger partial charge is 0.314 e. The molecule has 10 saturated carbocycles. The second-order valence-corrected chi connectivity index (χ2v) is 44.5. The molecule has 0 spiro atoms. The topological polar surface area (TPSA) is 132 Å². The Balaban J connectivity index is 0.000000257. The first-order valence-corrected chi connectivity index (χ1v) is 55.2. The molecule has 10 fully saturated rings. The van der Waals surface area contributed by atoms with Gasteiger partial charge in [0.15, 0.2) is 0 Å². The van der Waals surface area contributed by atoms with Crippen LogP contribution in [0.3, 0.4) is 0 Å². The van der Waals surface area contributed by atoms with E-state index in [9.17, 15) is 24.0 Å². The number of ether oxygens (including phenoxy) is 5. The van der Waals surface area contributed by atoms with Gasteiger partial charge in [0, 0.05) is 24.5 Å². The molecule has 10 aliphatic carbocycles. The number of halogens is 5. The Hall–Kier alpha value is -5.80. The van der Waals surface area contributed by atoms with Crippen molar-refractivity contribution in [2.45, 2.75) is 412 Å². The molecule has 0 atom stereocenters. The molecule has 0 aliphatic heterocycles. The summed E-state index contributed by atoms with van der Waals surface area (Å²) in [6.45, 7) is 11.5. The SMILES string of the molecule is CCCC[C@H]1CC[C@H](C2CCC(C(=O)Oc3ccc([S])cc3)CC2)CC1.CCCC[C@H]1CC[C@H](C2CCC(C(=O)Oc3ccc([S])cc3)CC2)CC1.CCCC[C@H]1CC[C@H](C2CCC(C(=O)Oc3ccc([S])cc3)CC2)CC1.CCCC[C@H]1CC[C@H](C2CCC(C(=O)Oc3ccc([S])cc3)CC2)CC1.CCCC[C@H]1CC[C@H](C2CCC(C(=O)Oc3ccc([S])cc3)CC2)CC1.F.F.F.F.F. The summed E-state index contributed by atoms with van der Waals surface area (Å²) in [5.74, 6) is 16.9. The number of carbonyl (C=O) groups excluding carboxylic acids is 5. The molecule has 5 radical (unpaired) electrons. The Morgan fingerprint density at radius 1 is 0.193 bits per heavy atom. The van der Waals surface area contributed by atoms with Gasteiger partial charge in [0.2, 0.25) is 0 Å². The second-order valence-electron chi connectivity index (χ2n) is 42.1. The summed E-state index contributed by atoms with van der Waals surface area (Å²) in [6, 6.07) is 36.1. The fraction of sp³-hybridized carbons (Fsp3) is 0.696. The molecule has 20 heteroatoms. The van der Waals surface area contributed by atoms with Gasteiger partial charge in [0.1, 0.15) is 28.7 Å². The van der Waals surface area contributed by atoms with Crippen LogP contribution < -0.4 is 23.7 Å². The number of benzene rings is 5. The molecular weight excluding hydrogens is 1800 g/mol. The van der Waals surface area contributed by atoms with Gasteiger partial charge in [-0.3, -0.25) is 47.5 Å². The fourth-order valence-electron chi connectivity index (χ4n) is 24.9. The number of unbranched alkanes of at least 4 members (excludes halogenated alkanes) is 5. The van der Waals surface area contributed by atoms with E-state index in [1.165, 1.54) is 289 Å². The molecule has 10 nitrogen and oxygen atoms in total. The first kappa shape index (κ1) is 118. The summed E-state index contributed by atoms with van der Waals surface area (Å²) in [5, 5.41) is 0. The van der Waals surface area contributed by atoms with Crippen LogP contribution in [0.4, 0.5) is 23.5 Å². The molecule has 0 heterocycles. The molecule has 135 heavy (non-hydrogen) atoms. The maximum absolute atomic E-state index is 12.4. The molecule has 0 N–H and O–H groups in total. The summed E-state index contributed by atoms with van der Waals surface area (Å²) >= 11 is 25.4. The largest absolute Gasteiger partial charge is 0.426 e. The molecule has 0 saturated heterocycles. The van der Waals surface area contributed by atoms with Gasteiger partial charge in [-0.2, -0.15) is 0 Å². The maximum atomic E-state index is 12.4. The van der Waals surface area contributed by atoms with Crippen LogP contribution in [0.2, 0.25) is 0 Å². The van der Waals surface area contributed by atoms with Crippen molar-refractivity contribution in [3.05, 3.63) is 121 Å². The highest BCUT2D eigenvalue weighted by Gasteiger charge is 2.40. The van der Waals surface area contributed by atoms with Crippen molar-refractivity contribution in [3.63, 3.8) is 0 Å². The number of rotatable bonds is 30. The third-order valence-electron chi connectivity index (χ3n) is 33.4. The normalized spacial score (nSPS) is 28.2. The highest BCUT2D eigenvalue weighted by Crippen LogP contribution is 2.49. The Labute approximate surface area is 838 Å². The number of hydrogen-bond donors (Lipinski definition) is 0. The van der Waals surface area contributed by atoms with Crippen molar-refractivity contribution < 1.29 is 71.2 Å². The minimum absolute atomic E-state index is 0. The molecule has 15 rings (SSSR count). The minimum Gasteiger partial charge on any atom is -0.426 e. The van der Waals surface area contributed by atoms with Crippen LogP contribution in [0.1, 0.15) is 388 Å². The lowest BCUT2D eigenvalue weighted by Gasteiger charge is -2.37. The zero-order chi connectivity index (χ0) is 91.8. The van der Waals surface area contributed by atoms with E-state index in [2.05, 4.69) is 34.6 Å². The molecule has 755 valence electrons. The first-order chi connectivity index (χ1) is 63.3. The fourth-order valence-corrected chi connectivity index (χ4v) is 25.6. The third-order valence-corrected chi connectivity index (χ3v) is 34.7. The quantitative estimate of drug-likeness (QED) is 0.0249. The van der Waals surface area contributed by atoms with Crippen LogP contribution >= 0.6 is 63.1 Å². The second kappa shape index (κ2) is 64.6. The maximum Gasteiger partial charge on any atom is 0.314 e. The number of esters is 5. The molecule has 0 amide bonds. The first-order valence-electron chi connectivity index (χ1n) is 53.2. The van der Waals surface area contributed by atoms with Crippen LogP contribution in [0.5, 0.6) is 28.7 Å². The Kier molecular flexibility index (Phi) is 56.4. The lowest BCUT2D eigenvalue weighted by molar-refractivity contribution is -0.141. The average molecular weight is 1970 g/mol. The van der Waals surface area contributed by atoms with E-state index >= 15 is 0 Å². The molecular formula is C115H170F5O10S5. The predicted octanol–water partition coefficient (Wildman–Crippen LogP) is 35.5. The van der Waals surface area contributed by atoms with Gasteiger partial charge in [-0.15, -0.1) is 0 Å². The van der Waals surface area contributed by atoms with E-state index in [1.807, 2.05) is 60.7 Å². The Bertz CT molecular complexity index is 3390. The van der Waals surface area contributed by atoms with Crippen LogP contribution in [-0.2, 0) is 24.0 Å². The van der Waals surface area contributed by atoms with Gasteiger partial charge in [-0.05, 0) is 403 Å². The Morgan fingerprint density at radius 2 is 0.304 bits per heavy atom. The minimum atomic E-state index is -0.0520. The van der Waals surface area contributed by atoms with E-state index in [-0.39, 0.29) is 83.0 Å². The van der Waals surface area contributed by atoms with Crippen LogP contribution in [0, 0.1) is 118 Å². The van der Waals surface area contributed by atoms with E-state index in [1.54, 1.807) is 60.7 Å². The van der Waals surface area contributed by atoms with Crippen molar-refractivity contribution >= 4 is 93.0 Å². The van der Waals surface area contributed by atoms with Crippen molar-refractivity contribution in [3.8, 4) is 28.7 Å². The van der Waals surface area contributed by atoms with Gasteiger partial charge in [-0.25, -0.2) is 0 Å². The van der Waals surface area contributed by atoms with Gasteiger partial charge < -0.3 is 23.7 Å². The van der Waals surface area contributed by atoms with Gasteiger partial charge in [-0.1, -0.05) is 258 Å². The van der Waals surface area contributed by atoms with Gasteiger partial charge >= 0.3 is 29.8 Å². The number of carbonyl (C=O) groups is 5. The van der Waals surface area contributed by atoms with Crippen LogP contribution in [0.25, 0.3) is 0 Å². The van der Waals surface area contributed by atoms with E-state index in [4.69, 9.17) is 86.8 Å². The summed E-state index contributed by atoms with van der Waals surface area (Å²) in [6.07, 6.45) is 71.4. The van der Waals surface area contributed by atoms with E-state index < -0.39 is 0 Å². The van der Waals surface area contributed by atoms with Crippen LogP contribution in [-0.4, -0.2) is 29.8 Å². The van der Waals surface area contributed by atoms with Crippen molar-refractivity contribution in [1.29, 1.82) is 0 Å². The van der Waals surface area contributed by atoms with Crippen LogP contribution in [0.15, 0.2) is 146 Å². The number of hydrogen-bond acceptors (Lipinski definition) is 10. The highest BCUT2D eigenvalue weighted by molar-refractivity contribution is 7.81. The molecule has 10 aliphatic rings. The predicted molar refractivity (Wildman–Crippen MR) is 554 cm³/mol. The summed E-state index contributed by atoms with van der Waals surface area (Å²) in [5.41, 5.74) is 0. The Morgan fingerprint density at radius 3 is 0.415 bits per heavy atom. The summed E-state index contributed by atoms with van der Waals surface area (Å²) in [4.78, 5) is 66.0. The van der Waals surface area contributed by atoms with Gasteiger partial charge in [0.05, 0.1) is 29.6 Å². The van der Waals surface area contributed by atoms with E-state index in [0.29, 0.717) is 28.7 Å². The summed E-state index contributed by atoms with van der Waals surface area (Å²) < 4.78 is 27.8. The molecule has 5 aromatic carbocycles. The van der Waals surface area contributed by atoms with Crippen molar-refractivity contribution in [1.82, 2.24) is 0 Å². The molecule has 5 aromatic rings. The zero-order valence-electron chi connectivity index (χ0n) is 82.6. The van der Waals surface area contributed by atoms with Gasteiger partial charge in [0.25, 0.3) is 0 Å². The molecule has 0 aromatic heterocycles. The molecule has 0 bridgehead atoms. The average Bonchev–Trinajstić information content (AvgIpc) is 0.854.